The maximum atomic E-state index is 13.8. The van der Waals surface area contributed by atoms with Crippen LogP contribution in [0.1, 0.15) is 13.8 Å². The lowest BCUT2D eigenvalue weighted by Gasteiger charge is -2.48. The van der Waals surface area contributed by atoms with Crippen LogP contribution in [0.15, 0.2) is 68.9 Å². The topological polar surface area (TPSA) is 122 Å². The van der Waals surface area contributed by atoms with Crippen LogP contribution in [0.25, 0.3) is 0 Å². The third kappa shape index (κ3) is 9.40. The van der Waals surface area contributed by atoms with Gasteiger partial charge in [0.2, 0.25) is 9.84 Å². The minimum atomic E-state index is -8.86. The van der Waals surface area contributed by atoms with Gasteiger partial charge in [-0.3, -0.25) is 25.0 Å². The summed E-state index contributed by atoms with van der Waals surface area (Å²) in [6.07, 6.45) is 0. The summed E-state index contributed by atoms with van der Waals surface area (Å²) >= 11 is 5.18. The minimum absolute atomic E-state index is 0.163. The molecule has 0 bridgehead atoms. The highest BCUT2D eigenvalue weighted by molar-refractivity contribution is 8.52. The summed E-state index contributed by atoms with van der Waals surface area (Å²) in [6, 6.07) is 3.28. The zero-order valence-corrected chi connectivity index (χ0v) is 22.7. The zero-order chi connectivity index (χ0) is 31.3. The molecule has 0 spiro atoms. The number of hydrogen-bond acceptors (Lipinski definition) is 7. The van der Waals surface area contributed by atoms with E-state index in [1.165, 1.54) is 13.8 Å². The van der Waals surface area contributed by atoms with Gasteiger partial charge in [0.05, 0.1) is 38.3 Å². The molecule has 0 saturated carbocycles. The van der Waals surface area contributed by atoms with Crippen molar-refractivity contribution in [2.45, 2.75) is 23.6 Å². The molecule has 2 aromatic carbocycles. The van der Waals surface area contributed by atoms with Crippen molar-refractivity contribution < 1.29 is 55.2 Å². The Labute approximate surface area is 225 Å². The molecule has 0 aromatic heterocycles. The highest BCUT2D eigenvalue weighted by Crippen LogP contribution is 3.02. The molecule has 0 radical (unpaired) electrons. The van der Waals surface area contributed by atoms with Crippen molar-refractivity contribution in [1.29, 1.82) is 0 Å². The minimum Gasteiger partial charge on any atom is -0.483 e. The number of hydrogen-bond donors (Lipinski definition) is 0. The van der Waals surface area contributed by atoms with Crippen LogP contribution in [-0.2, 0) is 14.3 Å². The van der Waals surface area contributed by atoms with Crippen LogP contribution in [0.5, 0.6) is 0 Å². The zero-order valence-electron chi connectivity index (χ0n) is 20.3. The fourth-order valence-electron chi connectivity index (χ4n) is 2.67. The van der Waals surface area contributed by atoms with E-state index < -0.39 is 73.0 Å². The summed E-state index contributed by atoms with van der Waals surface area (Å²) in [5.74, 6) is -4.10. The number of nitrogens with zero attached hydrogens (tertiary/aromatic N) is 2. The molecule has 0 unspecified atom stereocenters. The van der Waals surface area contributed by atoms with Gasteiger partial charge in [-0.15, -0.1) is 31.1 Å². The van der Waals surface area contributed by atoms with E-state index in [1.807, 2.05) is 0 Å². The molecule has 2 aromatic rings. The van der Waals surface area contributed by atoms with Crippen molar-refractivity contribution in [3.63, 3.8) is 0 Å². The van der Waals surface area contributed by atoms with Crippen LogP contribution >= 0.6 is 31.3 Å². The first-order valence-electron chi connectivity index (χ1n) is 10.4. The van der Waals surface area contributed by atoms with E-state index in [1.54, 1.807) is 0 Å². The Morgan fingerprint density at radius 3 is 1.50 bits per heavy atom. The summed E-state index contributed by atoms with van der Waals surface area (Å²) < 4.78 is 119. The van der Waals surface area contributed by atoms with Crippen molar-refractivity contribution >= 4 is 48.6 Å². The van der Waals surface area contributed by atoms with Gasteiger partial charge in [-0.1, -0.05) is 0 Å². The number of benzene rings is 2. The van der Waals surface area contributed by atoms with Crippen LogP contribution in [0.2, 0.25) is 0 Å². The monoisotopic (exact) mass is 652 g/mol. The van der Waals surface area contributed by atoms with E-state index in [2.05, 4.69) is 9.47 Å². The number of carbonyl (C=O) groups is 1. The van der Waals surface area contributed by atoms with Crippen molar-refractivity contribution in [1.82, 2.24) is 0 Å². The van der Waals surface area contributed by atoms with Gasteiger partial charge >= 0.3 is 5.97 Å². The lowest BCUT2D eigenvalue weighted by Crippen LogP contribution is -2.26. The standard InChI is InChI=1S/C10H10ClF4NO3S.C10H11F4NO4S/c1-2-19-10(11)7-20(12,13,14,15)9-5-3-8(4-6-9)16(17)18;1-2-19-10(16)7-20(11,12,13,14)9-5-3-8(4-6-9)15(17)18/h3-7H,2H2,1H3;3-6H,2,7H2,1H3/b10-7-;. The van der Waals surface area contributed by atoms with Crippen molar-refractivity contribution in [2.24, 2.45) is 0 Å². The van der Waals surface area contributed by atoms with Gasteiger partial charge in [0.25, 0.3) is 11.4 Å². The SMILES string of the molecule is CCO/C(Cl)=C\S(F)(F)(F)(F)c1ccc([N+](=O)[O-])cc1.CCOC(=O)CS(F)(F)(F)(F)c1ccc([N+](=O)[O-])cc1. The van der Waals surface area contributed by atoms with Gasteiger partial charge in [0.1, 0.15) is 0 Å². The Morgan fingerprint density at radius 1 is 0.775 bits per heavy atom. The van der Waals surface area contributed by atoms with Crippen LogP contribution in [0.4, 0.5) is 42.5 Å². The van der Waals surface area contributed by atoms with Crippen molar-refractivity contribution in [3.05, 3.63) is 79.4 Å². The van der Waals surface area contributed by atoms with E-state index >= 15 is 0 Å². The normalized spacial score (nSPS) is 15.6. The number of nitro benzene ring substituents is 2. The Bertz CT molecular complexity index is 1330. The average molecular weight is 653 g/mol. The number of non-ortho nitro benzene ring substituents is 2. The Hall–Kier alpha value is -3.32. The molecule has 9 nitrogen and oxygen atoms in total. The molecule has 0 atom stereocenters. The number of esters is 1. The van der Waals surface area contributed by atoms with Gasteiger partial charge in [0, 0.05) is 24.3 Å². The molecule has 0 fully saturated rings. The van der Waals surface area contributed by atoms with Gasteiger partial charge in [-0.05, 0) is 49.7 Å². The van der Waals surface area contributed by atoms with E-state index in [0.717, 1.165) is 0 Å². The summed E-state index contributed by atoms with van der Waals surface area (Å²) in [6.45, 7) is 2.20. The first kappa shape index (κ1) is 34.7. The smallest absolute Gasteiger partial charge is 0.322 e. The van der Waals surface area contributed by atoms with Crippen molar-refractivity contribution in [2.75, 3.05) is 19.0 Å². The van der Waals surface area contributed by atoms with E-state index in [-0.39, 0.29) is 25.3 Å². The Kier molecular flexibility index (Phi) is 8.90. The molecular weight excluding hydrogens is 632 g/mol. The highest BCUT2D eigenvalue weighted by Gasteiger charge is 2.66. The fraction of sp³-hybridized carbons (Fsp3) is 0.250. The summed E-state index contributed by atoms with van der Waals surface area (Å²) in [5, 5.41) is 18.9. The molecule has 0 heterocycles. The number of halogens is 9. The average Bonchev–Trinajstić information content (AvgIpc) is 2.77. The molecule has 0 aliphatic heterocycles. The molecule has 40 heavy (non-hydrogen) atoms. The maximum absolute atomic E-state index is 13.8. The Morgan fingerprint density at radius 2 is 1.15 bits per heavy atom. The highest BCUT2D eigenvalue weighted by atomic mass is 35.5. The fourth-order valence-corrected chi connectivity index (χ4v) is 6.06. The molecule has 0 amide bonds. The van der Waals surface area contributed by atoms with E-state index in [0.29, 0.717) is 36.4 Å². The maximum Gasteiger partial charge on any atom is 0.322 e. The molecule has 228 valence electrons. The van der Waals surface area contributed by atoms with Crippen molar-refractivity contribution in [3.8, 4) is 0 Å². The molecule has 0 saturated heterocycles. The lowest BCUT2D eigenvalue weighted by atomic mass is 10.3. The van der Waals surface area contributed by atoms with Crippen LogP contribution in [0, 0.1) is 20.2 Å². The van der Waals surface area contributed by atoms with E-state index in [9.17, 15) is 56.1 Å². The summed E-state index contributed by atoms with van der Waals surface area (Å²) in [4.78, 5) is 26.5. The quantitative estimate of drug-likeness (QED) is 0.0824. The predicted molar refractivity (Wildman–Crippen MR) is 134 cm³/mol. The predicted octanol–water partition coefficient (Wildman–Crippen LogP) is 9.37. The summed E-state index contributed by atoms with van der Waals surface area (Å²) in [5.41, 5.74) is -1.19. The van der Waals surface area contributed by atoms with Crippen LogP contribution in [0.3, 0.4) is 0 Å². The largest absolute Gasteiger partial charge is 0.483 e. The molecule has 20 heteroatoms. The number of carbonyl (C=O) groups excluding carboxylic acids is 1. The number of rotatable bonds is 10. The third-order valence-electron chi connectivity index (χ3n) is 4.44. The molecule has 0 N–H and O–H groups in total. The number of nitro groups is 2. The van der Waals surface area contributed by atoms with E-state index in [4.69, 9.17) is 11.6 Å². The second kappa shape index (κ2) is 10.3. The molecule has 2 rings (SSSR count). The first-order chi connectivity index (χ1) is 17.8. The third-order valence-corrected chi connectivity index (χ3v) is 8.86. The second-order valence-corrected chi connectivity index (χ2v) is 14.3. The van der Waals surface area contributed by atoms with Gasteiger partial charge in [0.15, 0.2) is 20.8 Å². The molecular formula is C20H21ClF8N2O7S2. The summed E-state index contributed by atoms with van der Waals surface area (Å²) in [7, 11) is -17.7. The molecule has 0 aliphatic carbocycles. The van der Waals surface area contributed by atoms with Gasteiger partial charge in [-0.2, -0.15) is 0 Å². The lowest BCUT2D eigenvalue weighted by molar-refractivity contribution is -0.385. The van der Waals surface area contributed by atoms with Gasteiger partial charge in [-0.25, -0.2) is 0 Å². The first-order valence-corrected chi connectivity index (χ1v) is 15.1. The Balaban J connectivity index is 0.000000400. The van der Waals surface area contributed by atoms with Crippen LogP contribution < -0.4 is 0 Å². The van der Waals surface area contributed by atoms with Gasteiger partial charge < -0.3 is 9.47 Å². The second-order valence-electron chi connectivity index (χ2n) is 7.68. The molecule has 0 aliphatic rings. The number of ether oxygens (including phenoxy) is 2. The van der Waals surface area contributed by atoms with Crippen LogP contribution in [-0.4, -0.2) is 34.8 Å².